The number of benzene rings is 2. The van der Waals surface area contributed by atoms with E-state index in [0.29, 0.717) is 19.4 Å². The zero-order valence-corrected chi connectivity index (χ0v) is 21.6. The van der Waals surface area contributed by atoms with Crippen molar-refractivity contribution in [2.45, 2.75) is 25.9 Å². The van der Waals surface area contributed by atoms with Crippen molar-refractivity contribution in [3.05, 3.63) is 57.9 Å². The second-order valence-corrected chi connectivity index (χ2v) is 9.99. The van der Waals surface area contributed by atoms with E-state index in [9.17, 15) is 9.90 Å². The van der Waals surface area contributed by atoms with Gasteiger partial charge in [-0.3, -0.25) is 0 Å². The van der Waals surface area contributed by atoms with Crippen LogP contribution in [0.5, 0.6) is 17.2 Å². The molecule has 1 atom stereocenters. The van der Waals surface area contributed by atoms with Crippen molar-refractivity contribution in [2.24, 2.45) is 0 Å². The van der Waals surface area contributed by atoms with Gasteiger partial charge in [-0.15, -0.1) is 22.7 Å². The average molecular weight is 514 g/mol. The number of aliphatic carboxylic acids is 1. The van der Waals surface area contributed by atoms with E-state index in [1.54, 1.807) is 36.9 Å². The lowest BCUT2D eigenvalue weighted by Gasteiger charge is -2.13. The molecule has 0 amide bonds. The first kappa shape index (κ1) is 25.0. The summed E-state index contributed by atoms with van der Waals surface area (Å²) >= 11 is 3.20. The fourth-order valence-corrected chi connectivity index (χ4v) is 5.71. The number of thiazole rings is 1. The second kappa shape index (κ2) is 11.1. The normalized spacial score (nSPS) is 12.0. The van der Waals surface area contributed by atoms with Crippen LogP contribution >= 0.6 is 22.7 Å². The number of carboxylic acid groups (broad SMARTS) is 1. The molecule has 35 heavy (non-hydrogen) atoms. The van der Waals surface area contributed by atoms with E-state index in [2.05, 4.69) is 6.92 Å². The third-order valence-electron chi connectivity index (χ3n) is 5.71. The van der Waals surface area contributed by atoms with Crippen molar-refractivity contribution in [3.8, 4) is 27.8 Å². The molecular weight excluding hydrogens is 486 g/mol. The summed E-state index contributed by atoms with van der Waals surface area (Å²) in [5.74, 6) is 1.25. The number of aryl methyl sites for hydroxylation is 1. The summed E-state index contributed by atoms with van der Waals surface area (Å²) in [6, 6.07) is 11.6. The molecule has 4 aromatic rings. The van der Waals surface area contributed by atoms with Crippen LogP contribution in [0.1, 0.15) is 16.1 Å². The molecule has 4 rings (SSSR count). The molecule has 0 fully saturated rings. The van der Waals surface area contributed by atoms with Gasteiger partial charge in [0.05, 0.1) is 26.5 Å². The minimum atomic E-state index is -0.970. The molecule has 1 N–H and O–H groups in total. The second-order valence-electron chi connectivity index (χ2n) is 7.87. The highest BCUT2D eigenvalue weighted by Gasteiger charge is 2.20. The highest BCUT2D eigenvalue weighted by atomic mass is 32.1. The largest absolute Gasteiger partial charge is 0.497 e. The topological polar surface area (TPSA) is 87.1 Å². The number of hydrogen-bond donors (Lipinski definition) is 1. The Hall–Kier alpha value is -3.14. The Morgan fingerprint density at radius 2 is 1.83 bits per heavy atom. The van der Waals surface area contributed by atoms with E-state index >= 15 is 0 Å². The molecule has 0 radical (unpaired) electrons. The number of methoxy groups -OCH3 is 3. The van der Waals surface area contributed by atoms with E-state index in [0.717, 1.165) is 54.0 Å². The number of ether oxygens (including phenoxy) is 4. The van der Waals surface area contributed by atoms with Gasteiger partial charge in [-0.1, -0.05) is 6.07 Å². The fourth-order valence-electron chi connectivity index (χ4n) is 3.82. The van der Waals surface area contributed by atoms with Crippen LogP contribution in [-0.2, 0) is 22.4 Å². The molecule has 9 heteroatoms. The third-order valence-corrected chi connectivity index (χ3v) is 7.76. The SMILES string of the molecule is COc1cc(OC)cc(-c2nc(CCOc3ccc(CC(OC)C(=O)O)c4sccc34)c(C)s2)c1. The quantitative estimate of drug-likeness (QED) is 0.279. The number of carboxylic acids is 1. The maximum absolute atomic E-state index is 11.4. The van der Waals surface area contributed by atoms with Crippen LogP contribution in [0.3, 0.4) is 0 Å². The predicted molar refractivity (Wildman–Crippen MR) is 139 cm³/mol. The van der Waals surface area contributed by atoms with Crippen molar-refractivity contribution in [1.82, 2.24) is 4.98 Å². The van der Waals surface area contributed by atoms with Gasteiger partial charge in [0.2, 0.25) is 0 Å². The van der Waals surface area contributed by atoms with Crippen LogP contribution in [0.25, 0.3) is 20.7 Å². The number of aromatic nitrogens is 1. The van der Waals surface area contributed by atoms with Gasteiger partial charge >= 0.3 is 5.97 Å². The van der Waals surface area contributed by atoms with Gasteiger partial charge in [-0.05, 0) is 42.1 Å². The third kappa shape index (κ3) is 5.58. The van der Waals surface area contributed by atoms with Crippen LogP contribution in [0.15, 0.2) is 41.8 Å². The molecule has 0 aliphatic heterocycles. The van der Waals surface area contributed by atoms with Gasteiger partial charge in [0.15, 0.2) is 6.10 Å². The standard InChI is InChI=1S/C26H27NO6S2/c1-15-21(27-25(35-15)17-11-18(30-2)14-19(12-17)31-3)7-9-33-22-6-5-16(13-23(32-4)26(28)29)24-20(22)8-10-34-24/h5-6,8,10-12,14,23H,7,9,13H2,1-4H3,(H,28,29). The van der Waals surface area contributed by atoms with Crippen molar-refractivity contribution in [3.63, 3.8) is 0 Å². The molecule has 0 saturated carbocycles. The summed E-state index contributed by atoms with van der Waals surface area (Å²) in [6.45, 7) is 2.54. The highest BCUT2D eigenvalue weighted by molar-refractivity contribution is 7.17. The highest BCUT2D eigenvalue weighted by Crippen LogP contribution is 2.35. The lowest BCUT2D eigenvalue weighted by Crippen LogP contribution is -2.24. The van der Waals surface area contributed by atoms with Crippen molar-refractivity contribution < 1.29 is 28.8 Å². The number of thiophene rings is 1. The molecule has 2 aromatic carbocycles. The smallest absolute Gasteiger partial charge is 0.333 e. The predicted octanol–water partition coefficient (Wildman–Crippen LogP) is 5.61. The number of nitrogens with zero attached hydrogens (tertiary/aromatic N) is 1. The Morgan fingerprint density at radius 3 is 2.49 bits per heavy atom. The van der Waals surface area contributed by atoms with Gasteiger partial charge in [0, 0.05) is 46.5 Å². The number of rotatable bonds is 11. The van der Waals surface area contributed by atoms with Crippen LogP contribution < -0.4 is 14.2 Å². The zero-order chi connectivity index (χ0) is 24.9. The minimum absolute atomic E-state index is 0.305. The monoisotopic (exact) mass is 513 g/mol. The lowest BCUT2D eigenvalue weighted by molar-refractivity contribution is -0.148. The zero-order valence-electron chi connectivity index (χ0n) is 20.0. The van der Waals surface area contributed by atoms with Gasteiger partial charge in [0.1, 0.15) is 22.3 Å². The summed E-state index contributed by atoms with van der Waals surface area (Å²) in [6.07, 6.45) is 0.0963. The molecule has 2 heterocycles. The van der Waals surface area contributed by atoms with Crippen LogP contribution in [0.2, 0.25) is 0 Å². The first-order valence-electron chi connectivity index (χ1n) is 11.0. The Bertz CT molecular complexity index is 1310. The first-order chi connectivity index (χ1) is 16.9. The minimum Gasteiger partial charge on any atom is -0.497 e. The van der Waals surface area contributed by atoms with E-state index in [1.165, 1.54) is 7.11 Å². The molecular formula is C26H27NO6S2. The maximum atomic E-state index is 11.4. The molecule has 0 aliphatic carbocycles. The molecule has 2 aromatic heterocycles. The molecule has 0 saturated heterocycles. The van der Waals surface area contributed by atoms with Crippen molar-refractivity contribution in [2.75, 3.05) is 27.9 Å². The lowest BCUT2D eigenvalue weighted by atomic mass is 10.1. The average Bonchev–Trinajstić information content (AvgIpc) is 3.50. The maximum Gasteiger partial charge on any atom is 0.333 e. The van der Waals surface area contributed by atoms with E-state index in [4.69, 9.17) is 23.9 Å². The van der Waals surface area contributed by atoms with Crippen LogP contribution in [-0.4, -0.2) is 50.1 Å². The van der Waals surface area contributed by atoms with Crippen LogP contribution in [0, 0.1) is 6.92 Å². The first-order valence-corrected chi connectivity index (χ1v) is 12.7. The summed E-state index contributed by atoms with van der Waals surface area (Å²) in [7, 11) is 4.68. The molecule has 0 spiro atoms. The van der Waals surface area contributed by atoms with Gasteiger partial charge in [0.25, 0.3) is 0 Å². The summed E-state index contributed by atoms with van der Waals surface area (Å²) in [4.78, 5) is 17.4. The Labute approximate surface area is 211 Å². The number of fused-ring (bicyclic) bond motifs is 1. The van der Waals surface area contributed by atoms with Crippen molar-refractivity contribution >= 4 is 38.7 Å². The van der Waals surface area contributed by atoms with Gasteiger partial charge < -0.3 is 24.1 Å². The van der Waals surface area contributed by atoms with Gasteiger partial charge in [-0.25, -0.2) is 9.78 Å². The Kier molecular flexibility index (Phi) is 7.90. The van der Waals surface area contributed by atoms with Gasteiger partial charge in [-0.2, -0.15) is 0 Å². The summed E-state index contributed by atoms with van der Waals surface area (Å²) in [5.41, 5.74) is 2.88. The fraction of sp³-hybridized carbons (Fsp3) is 0.308. The van der Waals surface area contributed by atoms with Crippen LogP contribution in [0.4, 0.5) is 0 Å². The van der Waals surface area contributed by atoms with E-state index in [-0.39, 0.29) is 0 Å². The molecule has 7 nitrogen and oxygen atoms in total. The van der Waals surface area contributed by atoms with E-state index < -0.39 is 12.1 Å². The molecule has 0 bridgehead atoms. The van der Waals surface area contributed by atoms with E-state index in [1.807, 2.05) is 41.8 Å². The molecule has 0 aliphatic rings. The Balaban J connectivity index is 1.47. The Morgan fingerprint density at radius 1 is 1.09 bits per heavy atom. The number of carbonyl (C=O) groups is 1. The molecule has 1 unspecified atom stereocenters. The molecule has 184 valence electrons. The summed E-state index contributed by atoms with van der Waals surface area (Å²) < 4.78 is 23.0. The number of hydrogen-bond acceptors (Lipinski definition) is 8. The summed E-state index contributed by atoms with van der Waals surface area (Å²) in [5, 5.41) is 13.2. The van der Waals surface area contributed by atoms with Crippen molar-refractivity contribution in [1.29, 1.82) is 0 Å².